The van der Waals surface area contributed by atoms with Gasteiger partial charge in [-0.3, -0.25) is 0 Å². The molecule has 54 valence electrons. The van der Waals surface area contributed by atoms with E-state index in [0.29, 0.717) is 13.2 Å². The standard InChI is InChI=1S/C8H11NO/c1-2-6-10-7-8-4-3-5-9-8/h2-5,9H,1,6-7H2. The van der Waals surface area contributed by atoms with Gasteiger partial charge in [-0.1, -0.05) is 6.08 Å². The van der Waals surface area contributed by atoms with Crippen molar-refractivity contribution in [3.05, 3.63) is 36.7 Å². The van der Waals surface area contributed by atoms with E-state index in [1.807, 2.05) is 18.3 Å². The zero-order valence-corrected chi connectivity index (χ0v) is 5.84. The summed E-state index contributed by atoms with van der Waals surface area (Å²) in [6.45, 7) is 4.79. The molecule has 1 rings (SSSR count). The van der Waals surface area contributed by atoms with Crippen LogP contribution < -0.4 is 0 Å². The first-order valence-electron chi connectivity index (χ1n) is 3.24. The van der Waals surface area contributed by atoms with Crippen molar-refractivity contribution in [1.29, 1.82) is 0 Å². The molecule has 0 aliphatic carbocycles. The fourth-order valence-electron chi connectivity index (χ4n) is 0.710. The highest BCUT2D eigenvalue weighted by molar-refractivity contribution is 5.01. The van der Waals surface area contributed by atoms with Crippen LogP contribution in [0.5, 0.6) is 0 Å². The van der Waals surface area contributed by atoms with Gasteiger partial charge in [-0.25, -0.2) is 0 Å². The van der Waals surface area contributed by atoms with Gasteiger partial charge in [0.25, 0.3) is 0 Å². The maximum atomic E-state index is 5.18. The SMILES string of the molecule is C=CCOCc1ccc[nH]1. The van der Waals surface area contributed by atoms with Gasteiger partial charge < -0.3 is 9.72 Å². The summed E-state index contributed by atoms with van der Waals surface area (Å²) in [6, 6.07) is 3.94. The summed E-state index contributed by atoms with van der Waals surface area (Å²) in [6.07, 6.45) is 3.62. The Balaban J connectivity index is 2.21. The third kappa shape index (κ3) is 2.07. The highest BCUT2D eigenvalue weighted by Gasteiger charge is 1.88. The number of aromatic nitrogens is 1. The minimum atomic E-state index is 0.610. The van der Waals surface area contributed by atoms with Gasteiger partial charge in [-0.15, -0.1) is 6.58 Å². The van der Waals surface area contributed by atoms with Crippen LogP contribution in [0.25, 0.3) is 0 Å². The lowest BCUT2D eigenvalue weighted by Gasteiger charge is -1.96. The van der Waals surface area contributed by atoms with E-state index in [4.69, 9.17) is 4.74 Å². The molecule has 0 aliphatic heterocycles. The molecule has 0 fully saturated rings. The first-order chi connectivity index (χ1) is 4.93. The third-order valence-corrected chi connectivity index (χ3v) is 1.16. The molecule has 10 heavy (non-hydrogen) atoms. The van der Waals surface area contributed by atoms with Crippen molar-refractivity contribution in [3.8, 4) is 0 Å². The molecule has 1 heterocycles. The first kappa shape index (κ1) is 7.09. The predicted molar refractivity (Wildman–Crippen MR) is 40.6 cm³/mol. The predicted octanol–water partition coefficient (Wildman–Crippen LogP) is 1.72. The summed E-state index contributed by atoms with van der Waals surface area (Å²) in [5, 5.41) is 0. The maximum absolute atomic E-state index is 5.18. The Morgan fingerprint density at radius 3 is 3.20 bits per heavy atom. The molecular weight excluding hydrogens is 126 g/mol. The lowest BCUT2D eigenvalue weighted by molar-refractivity contribution is 0.146. The van der Waals surface area contributed by atoms with E-state index in [-0.39, 0.29) is 0 Å². The molecule has 2 nitrogen and oxygen atoms in total. The topological polar surface area (TPSA) is 25.0 Å². The van der Waals surface area contributed by atoms with E-state index in [1.165, 1.54) is 0 Å². The van der Waals surface area contributed by atoms with Crippen LogP contribution in [0.2, 0.25) is 0 Å². The van der Waals surface area contributed by atoms with Crippen LogP contribution in [0, 0.1) is 0 Å². The van der Waals surface area contributed by atoms with Gasteiger partial charge in [-0.05, 0) is 12.1 Å². The Hall–Kier alpha value is -1.02. The Morgan fingerprint density at radius 2 is 2.60 bits per heavy atom. The molecule has 0 saturated carbocycles. The molecule has 2 heteroatoms. The smallest absolute Gasteiger partial charge is 0.0869 e. The van der Waals surface area contributed by atoms with Gasteiger partial charge in [-0.2, -0.15) is 0 Å². The van der Waals surface area contributed by atoms with Gasteiger partial charge in [0.1, 0.15) is 0 Å². The molecule has 1 N–H and O–H groups in total. The van der Waals surface area contributed by atoms with Crippen LogP contribution in [-0.4, -0.2) is 11.6 Å². The lowest BCUT2D eigenvalue weighted by atomic mass is 10.5. The quantitative estimate of drug-likeness (QED) is 0.496. The van der Waals surface area contributed by atoms with Gasteiger partial charge in [0.15, 0.2) is 0 Å². The van der Waals surface area contributed by atoms with Crippen molar-refractivity contribution in [1.82, 2.24) is 4.98 Å². The Morgan fingerprint density at radius 1 is 1.70 bits per heavy atom. The normalized spacial score (nSPS) is 9.60. The molecule has 1 aromatic rings. The fourth-order valence-corrected chi connectivity index (χ4v) is 0.710. The summed E-state index contributed by atoms with van der Waals surface area (Å²) < 4.78 is 5.18. The lowest BCUT2D eigenvalue weighted by Crippen LogP contribution is -1.91. The van der Waals surface area contributed by atoms with Crippen molar-refractivity contribution >= 4 is 0 Å². The van der Waals surface area contributed by atoms with Crippen LogP contribution in [0.3, 0.4) is 0 Å². The molecule has 0 saturated heterocycles. The molecule has 0 spiro atoms. The molecule has 0 amide bonds. The van der Waals surface area contributed by atoms with Gasteiger partial charge >= 0.3 is 0 Å². The number of H-pyrrole nitrogens is 1. The van der Waals surface area contributed by atoms with Crippen LogP contribution in [-0.2, 0) is 11.3 Å². The fraction of sp³-hybridized carbons (Fsp3) is 0.250. The zero-order chi connectivity index (χ0) is 7.23. The first-order valence-corrected chi connectivity index (χ1v) is 3.24. The second kappa shape index (κ2) is 3.90. The van der Waals surface area contributed by atoms with Crippen molar-refractivity contribution in [2.45, 2.75) is 6.61 Å². The van der Waals surface area contributed by atoms with E-state index in [1.54, 1.807) is 6.08 Å². The van der Waals surface area contributed by atoms with Crippen LogP contribution >= 0.6 is 0 Å². The van der Waals surface area contributed by atoms with Crippen molar-refractivity contribution in [3.63, 3.8) is 0 Å². The molecule has 0 bridgehead atoms. The maximum Gasteiger partial charge on any atom is 0.0869 e. The molecule has 0 aromatic carbocycles. The molecular formula is C8H11NO. The average molecular weight is 137 g/mol. The van der Waals surface area contributed by atoms with Gasteiger partial charge in [0.2, 0.25) is 0 Å². The average Bonchev–Trinajstić information content (AvgIpc) is 2.41. The Labute approximate surface area is 60.5 Å². The van der Waals surface area contributed by atoms with Gasteiger partial charge in [0, 0.05) is 11.9 Å². The van der Waals surface area contributed by atoms with Crippen LogP contribution in [0.15, 0.2) is 31.0 Å². The minimum Gasteiger partial charge on any atom is -0.371 e. The van der Waals surface area contributed by atoms with E-state index >= 15 is 0 Å². The summed E-state index contributed by atoms with van der Waals surface area (Å²) >= 11 is 0. The molecule has 0 aliphatic rings. The number of rotatable bonds is 4. The highest BCUT2D eigenvalue weighted by atomic mass is 16.5. The van der Waals surface area contributed by atoms with Crippen LogP contribution in [0.1, 0.15) is 5.69 Å². The van der Waals surface area contributed by atoms with Crippen molar-refractivity contribution in [2.75, 3.05) is 6.61 Å². The van der Waals surface area contributed by atoms with Crippen molar-refractivity contribution < 1.29 is 4.74 Å². The van der Waals surface area contributed by atoms with E-state index in [2.05, 4.69) is 11.6 Å². The molecule has 0 radical (unpaired) electrons. The number of nitrogens with one attached hydrogen (secondary N) is 1. The second-order valence-electron chi connectivity index (χ2n) is 2.00. The summed E-state index contributed by atoms with van der Waals surface area (Å²) in [4.78, 5) is 3.04. The number of hydrogen-bond acceptors (Lipinski definition) is 1. The summed E-state index contributed by atoms with van der Waals surface area (Å²) in [7, 11) is 0. The molecule has 0 atom stereocenters. The van der Waals surface area contributed by atoms with E-state index in [9.17, 15) is 0 Å². The van der Waals surface area contributed by atoms with E-state index in [0.717, 1.165) is 5.69 Å². The molecule has 1 aromatic heterocycles. The Kier molecular flexibility index (Phi) is 2.77. The van der Waals surface area contributed by atoms with Crippen molar-refractivity contribution in [2.24, 2.45) is 0 Å². The summed E-state index contributed by atoms with van der Waals surface area (Å²) in [5.41, 5.74) is 1.10. The van der Waals surface area contributed by atoms with E-state index < -0.39 is 0 Å². The third-order valence-electron chi connectivity index (χ3n) is 1.16. The summed E-state index contributed by atoms with van der Waals surface area (Å²) in [5.74, 6) is 0. The minimum absolute atomic E-state index is 0.610. The zero-order valence-electron chi connectivity index (χ0n) is 5.84. The number of aromatic amines is 1. The van der Waals surface area contributed by atoms with Gasteiger partial charge in [0.05, 0.1) is 13.2 Å². The monoisotopic (exact) mass is 137 g/mol. The second-order valence-corrected chi connectivity index (χ2v) is 2.00. The number of ether oxygens (including phenoxy) is 1. The Bertz CT molecular complexity index is 179. The molecule has 0 unspecified atom stereocenters. The van der Waals surface area contributed by atoms with Crippen LogP contribution in [0.4, 0.5) is 0 Å². The largest absolute Gasteiger partial charge is 0.371 e. The highest BCUT2D eigenvalue weighted by Crippen LogP contribution is 1.95. The number of hydrogen-bond donors (Lipinski definition) is 1.